The minimum absolute atomic E-state index is 0.221. The molecule has 1 aromatic rings. The van der Waals surface area contributed by atoms with Crippen LogP contribution in [0.4, 0.5) is 0 Å². The van der Waals surface area contributed by atoms with E-state index in [1.54, 1.807) is 24.3 Å². The average molecular weight is 299 g/mol. The van der Waals surface area contributed by atoms with Crippen LogP contribution < -0.4 is 0 Å². The molecule has 0 spiro atoms. The highest BCUT2D eigenvalue weighted by Gasteiger charge is 2.36. The van der Waals surface area contributed by atoms with Gasteiger partial charge in [-0.15, -0.1) is 0 Å². The number of ether oxygens (including phenoxy) is 2. The second-order valence-electron chi connectivity index (χ2n) is 3.40. The molecule has 17 heavy (non-hydrogen) atoms. The van der Waals surface area contributed by atoms with E-state index in [1.807, 2.05) is 0 Å². The third kappa shape index (κ3) is 2.71. The molecule has 0 aromatic heterocycles. The number of hydrogen-bond acceptors (Lipinski definition) is 5. The van der Waals surface area contributed by atoms with Crippen molar-refractivity contribution in [2.24, 2.45) is 0 Å². The number of carbonyl (C=O) groups excluding carboxylic acids is 3. The summed E-state index contributed by atoms with van der Waals surface area (Å²) in [5, 5.41) is 0. The van der Waals surface area contributed by atoms with E-state index in [4.69, 9.17) is 4.74 Å². The third-order valence-corrected chi connectivity index (χ3v) is 2.69. The lowest BCUT2D eigenvalue weighted by molar-refractivity contribution is -0.154. The molecule has 1 heterocycles. The molecule has 0 amide bonds. The van der Waals surface area contributed by atoms with Gasteiger partial charge in [-0.1, -0.05) is 15.9 Å². The van der Waals surface area contributed by atoms with E-state index < -0.39 is 24.0 Å². The van der Waals surface area contributed by atoms with E-state index in [0.29, 0.717) is 5.56 Å². The van der Waals surface area contributed by atoms with Gasteiger partial charge in [0, 0.05) is 4.47 Å². The van der Waals surface area contributed by atoms with E-state index in [-0.39, 0.29) is 6.42 Å². The van der Waals surface area contributed by atoms with Crippen LogP contribution in [0.25, 0.3) is 0 Å². The van der Waals surface area contributed by atoms with Crippen molar-refractivity contribution in [3.05, 3.63) is 34.3 Å². The highest BCUT2D eigenvalue weighted by atomic mass is 79.9. The van der Waals surface area contributed by atoms with Gasteiger partial charge in [-0.25, -0.2) is 9.59 Å². The lowest BCUT2D eigenvalue weighted by Gasteiger charge is -2.07. The maximum atomic E-state index is 11.6. The smallest absolute Gasteiger partial charge is 0.355 e. The maximum Gasteiger partial charge on any atom is 0.355 e. The Balaban J connectivity index is 2.04. The molecule has 1 atom stereocenters. The summed E-state index contributed by atoms with van der Waals surface area (Å²) in [4.78, 5) is 33.5. The minimum Gasteiger partial charge on any atom is -0.446 e. The van der Waals surface area contributed by atoms with Crippen molar-refractivity contribution in [3.8, 4) is 0 Å². The van der Waals surface area contributed by atoms with E-state index in [2.05, 4.69) is 20.7 Å². The Morgan fingerprint density at radius 1 is 1.29 bits per heavy atom. The topological polar surface area (TPSA) is 69.7 Å². The van der Waals surface area contributed by atoms with Crippen molar-refractivity contribution < 1.29 is 23.9 Å². The Labute approximate surface area is 105 Å². The molecular formula is C11H7BrO5. The first-order valence-electron chi connectivity index (χ1n) is 4.77. The molecule has 1 aliphatic heterocycles. The Hall–Kier alpha value is -1.69. The van der Waals surface area contributed by atoms with E-state index in [0.717, 1.165) is 4.47 Å². The van der Waals surface area contributed by atoms with Gasteiger partial charge in [-0.3, -0.25) is 4.79 Å². The van der Waals surface area contributed by atoms with Crippen LogP contribution in [0.2, 0.25) is 0 Å². The molecule has 0 N–H and O–H groups in total. The summed E-state index contributed by atoms with van der Waals surface area (Å²) >= 11 is 3.23. The number of hydrogen-bond donors (Lipinski definition) is 0. The summed E-state index contributed by atoms with van der Waals surface area (Å²) in [5.74, 6) is -2.15. The number of carbonyl (C=O) groups is 3. The molecule has 0 unspecified atom stereocenters. The molecule has 5 nitrogen and oxygen atoms in total. The van der Waals surface area contributed by atoms with Crippen LogP contribution in [-0.2, 0) is 19.1 Å². The first kappa shape index (κ1) is 11.8. The molecule has 1 fully saturated rings. The van der Waals surface area contributed by atoms with Crippen molar-refractivity contribution in [1.29, 1.82) is 0 Å². The number of esters is 3. The van der Waals surface area contributed by atoms with Crippen LogP contribution in [-0.4, -0.2) is 24.0 Å². The van der Waals surface area contributed by atoms with Crippen LogP contribution in [0.15, 0.2) is 28.7 Å². The van der Waals surface area contributed by atoms with Crippen LogP contribution in [0, 0.1) is 0 Å². The predicted molar refractivity (Wildman–Crippen MR) is 59.1 cm³/mol. The summed E-state index contributed by atoms with van der Waals surface area (Å²) in [6.07, 6.45) is -1.35. The van der Waals surface area contributed by atoms with Gasteiger partial charge in [0.25, 0.3) is 0 Å². The quantitative estimate of drug-likeness (QED) is 0.610. The normalized spacial score (nSPS) is 19.0. The van der Waals surface area contributed by atoms with Gasteiger partial charge >= 0.3 is 17.9 Å². The van der Waals surface area contributed by atoms with E-state index in [1.165, 1.54) is 0 Å². The second-order valence-corrected chi connectivity index (χ2v) is 4.31. The molecule has 88 valence electrons. The molecule has 1 aromatic carbocycles. The summed E-state index contributed by atoms with van der Waals surface area (Å²) < 4.78 is 9.96. The van der Waals surface area contributed by atoms with Gasteiger partial charge < -0.3 is 9.47 Å². The number of cyclic esters (lactones) is 2. The van der Waals surface area contributed by atoms with Crippen LogP contribution in [0.3, 0.4) is 0 Å². The lowest BCUT2D eigenvalue weighted by Crippen LogP contribution is -2.22. The zero-order valence-corrected chi connectivity index (χ0v) is 10.1. The number of benzene rings is 1. The summed E-state index contributed by atoms with van der Waals surface area (Å²) in [7, 11) is 0. The van der Waals surface area contributed by atoms with Gasteiger partial charge in [-0.05, 0) is 24.3 Å². The Morgan fingerprint density at radius 3 is 2.47 bits per heavy atom. The highest BCUT2D eigenvalue weighted by molar-refractivity contribution is 9.10. The average Bonchev–Trinajstić information content (AvgIpc) is 2.58. The Kier molecular flexibility index (Phi) is 3.23. The molecule has 1 saturated heterocycles. The van der Waals surface area contributed by atoms with Gasteiger partial charge in [0.15, 0.2) is 0 Å². The fourth-order valence-electron chi connectivity index (χ4n) is 1.33. The lowest BCUT2D eigenvalue weighted by atomic mass is 10.2. The predicted octanol–water partition coefficient (Wildman–Crippen LogP) is 1.45. The third-order valence-electron chi connectivity index (χ3n) is 2.16. The van der Waals surface area contributed by atoms with Gasteiger partial charge in [0.2, 0.25) is 6.10 Å². The standard InChI is InChI=1S/C11H7BrO5/c12-7-3-1-6(2-4-7)10(14)16-8-5-9(13)17-11(8)15/h1-4,8H,5H2/t8-/m1/s1. The zero-order chi connectivity index (χ0) is 12.4. The van der Waals surface area contributed by atoms with E-state index in [9.17, 15) is 14.4 Å². The van der Waals surface area contributed by atoms with Crippen molar-refractivity contribution in [1.82, 2.24) is 0 Å². The fourth-order valence-corrected chi connectivity index (χ4v) is 1.59. The summed E-state index contributed by atoms with van der Waals surface area (Å²) in [5.41, 5.74) is 0.306. The molecule has 0 saturated carbocycles. The molecule has 0 bridgehead atoms. The molecule has 2 rings (SSSR count). The monoisotopic (exact) mass is 298 g/mol. The molecular weight excluding hydrogens is 292 g/mol. The van der Waals surface area contributed by atoms with Crippen molar-refractivity contribution in [3.63, 3.8) is 0 Å². The fraction of sp³-hybridized carbons (Fsp3) is 0.182. The highest BCUT2D eigenvalue weighted by Crippen LogP contribution is 2.16. The molecule has 0 aliphatic carbocycles. The van der Waals surface area contributed by atoms with E-state index >= 15 is 0 Å². The largest absolute Gasteiger partial charge is 0.446 e. The molecule has 6 heteroatoms. The molecule has 0 radical (unpaired) electrons. The van der Waals surface area contributed by atoms with Gasteiger partial charge in [0.1, 0.15) is 0 Å². The minimum atomic E-state index is -1.13. The second kappa shape index (κ2) is 4.67. The van der Waals surface area contributed by atoms with Crippen LogP contribution in [0.5, 0.6) is 0 Å². The zero-order valence-electron chi connectivity index (χ0n) is 8.51. The number of halogens is 1. The van der Waals surface area contributed by atoms with Gasteiger partial charge in [0.05, 0.1) is 12.0 Å². The Morgan fingerprint density at radius 2 is 1.94 bits per heavy atom. The number of rotatable bonds is 2. The van der Waals surface area contributed by atoms with Crippen molar-refractivity contribution in [2.75, 3.05) is 0 Å². The first-order valence-corrected chi connectivity index (χ1v) is 5.56. The van der Waals surface area contributed by atoms with Crippen LogP contribution >= 0.6 is 15.9 Å². The van der Waals surface area contributed by atoms with Crippen molar-refractivity contribution in [2.45, 2.75) is 12.5 Å². The maximum absolute atomic E-state index is 11.6. The Bertz CT molecular complexity index is 479. The summed E-state index contributed by atoms with van der Waals surface area (Å²) in [6, 6.07) is 6.45. The SMILES string of the molecule is O=C1C[C@@H](OC(=O)c2ccc(Br)cc2)C(=O)O1. The van der Waals surface area contributed by atoms with Crippen molar-refractivity contribution >= 4 is 33.8 Å². The molecule has 1 aliphatic rings. The first-order chi connectivity index (χ1) is 8.06. The van der Waals surface area contributed by atoms with Gasteiger partial charge in [-0.2, -0.15) is 0 Å². The summed E-state index contributed by atoms with van der Waals surface area (Å²) in [6.45, 7) is 0. The van der Waals surface area contributed by atoms with Crippen LogP contribution in [0.1, 0.15) is 16.8 Å².